The van der Waals surface area contributed by atoms with Gasteiger partial charge in [-0.05, 0) is 111 Å². The highest BCUT2D eigenvalue weighted by atomic mass is 16.5. The molecule has 1 spiro atoms. The first-order valence-corrected chi connectivity index (χ1v) is 17.7. The topological polar surface area (TPSA) is 90.1 Å². The van der Waals surface area contributed by atoms with Crippen LogP contribution in [0.5, 0.6) is 11.5 Å². The number of H-pyrrole nitrogens is 1. The summed E-state index contributed by atoms with van der Waals surface area (Å²) < 4.78 is 11.2. The average molecular weight is 664 g/mol. The van der Waals surface area contributed by atoms with E-state index < -0.39 is 6.04 Å². The van der Waals surface area contributed by atoms with Crippen LogP contribution >= 0.6 is 0 Å². The summed E-state index contributed by atoms with van der Waals surface area (Å²) in [5, 5.41) is 4.41. The molecule has 1 aliphatic carbocycles. The molecule has 3 aliphatic rings. The number of fused-ring (bicyclic) bond motifs is 3. The zero-order chi connectivity index (χ0) is 34.1. The van der Waals surface area contributed by atoms with E-state index in [1.54, 1.807) is 14.2 Å². The molecule has 0 unspecified atom stereocenters. The molecule has 0 radical (unpaired) electrons. The Bertz CT molecular complexity index is 1830. The minimum atomic E-state index is -0.739. The lowest BCUT2D eigenvalue weighted by atomic mass is 9.72. The Morgan fingerprint density at radius 3 is 2.53 bits per heavy atom. The van der Waals surface area contributed by atoms with Crippen molar-refractivity contribution in [1.29, 1.82) is 0 Å². The first-order valence-electron chi connectivity index (χ1n) is 17.7. The Balaban J connectivity index is 1.21. The van der Waals surface area contributed by atoms with E-state index in [0.717, 1.165) is 79.4 Å². The lowest BCUT2D eigenvalue weighted by Gasteiger charge is -2.50. The van der Waals surface area contributed by atoms with E-state index in [0.29, 0.717) is 31.2 Å². The number of aromatic nitrogens is 1. The quantitative estimate of drug-likeness (QED) is 0.242. The van der Waals surface area contributed by atoms with E-state index >= 15 is 0 Å². The second-order valence-electron chi connectivity index (χ2n) is 14.5. The molecule has 3 atom stereocenters. The molecule has 0 saturated carbocycles. The van der Waals surface area contributed by atoms with E-state index in [2.05, 4.69) is 64.5 Å². The van der Waals surface area contributed by atoms with Crippen molar-refractivity contribution in [2.75, 3.05) is 52.8 Å². The summed E-state index contributed by atoms with van der Waals surface area (Å²) in [7, 11) is 7.49. The number of nitrogens with zero attached hydrogens (tertiary/aromatic N) is 3. The summed E-state index contributed by atoms with van der Waals surface area (Å²) in [6.45, 7) is 2.16. The molecule has 0 bridgehead atoms. The number of benzene rings is 3. The fraction of sp³-hybridized carbons (Fsp3) is 0.450. The molecule has 9 heteroatoms. The maximum Gasteiger partial charge on any atom is 0.318 e. The Labute approximate surface area is 289 Å². The van der Waals surface area contributed by atoms with Gasteiger partial charge in [-0.25, -0.2) is 4.79 Å². The number of hydrogen-bond donors (Lipinski definition) is 2. The number of rotatable bonds is 8. The van der Waals surface area contributed by atoms with Crippen molar-refractivity contribution < 1.29 is 19.1 Å². The van der Waals surface area contributed by atoms with Crippen molar-refractivity contribution in [3.63, 3.8) is 0 Å². The van der Waals surface area contributed by atoms with Crippen LogP contribution in [0.1, 0.15) is 47.9 Å². The molecule has 258 valence electrons. The standard InChI is InChI=1S/C40H49N5O4/c1-43(2)25-27-19-29-11-5-8-14-35(29)44(26-27)38(46)34(20-31-24-41-33-13-7-6-12-32(31)33)42-39(47)45-18-10-9-16-40(45)17-15-28-21-36(48-3)37(49-4)22-30(28)23-40/h5-8,11-14,21-22,24,27,34,41H,9-10,15-20,23,25-26H2,1-4H3,(H,42,47)/t27-,34-,40+/m1/s1. The third-order valence-corrected chi connectivity index (χ3v) is 11.0. The maximum absolute atomic E-state index is 14.9. The Morgan fingerprint density at radius 2 is 1.73 bits per heavy atom. The molecule has 3 aromatic carbocycles. The van der Waals surface area contributed by atoms with Crippen LogP contribution in [0.25, 0.3) is 10.9 Å². The molecule has 1 fully saturated rings. The van der Waals surface area contributed by atoms with Crippen molar-refractivity contribution in [3.05, 3.63) is 89.1 Å². The van der Waals surface area contributed by atoms with Crippen molar-refractivity contribution in [3.8, 4) is 11.5 Å². The highest BCUT2D eigenvalue weighted by Crippen LogP contribution is 2.43. The van der Waals surface area contributed by atoms with Crippen molar-refractivity contribution in [2.45, 2.75) is 62.9 Å². The van der Waals surface area contributed by atoms with Crippen LogP contribution in [-0.2, 0) is 30.5 Å². The van der Waals surface area contributed by atoms with Gasteiger partial charge in [0.2, 0.25) is 5.91 Å². The summed E-state index contributed by atoms with van der Waals surface area (Å²) in [6, 6.07) is 19.7. The van der Waals surface area contributed by atoms with Crippen molar-refractivity contribution in [1.82, 2.24) is 20.1 Å². The number of carbonyl (C=O) groups is 2. The normalized spacial score (nSPS) is 21.0. The van der Waals surface area contributed by atoms with Crippen LogP contribution in [0.3, 0.4) is 0 Å². The summed E-state index contributed by atoms with van der Waals surface area (Å²) in [4.78, 5) is 39.1. The summed E-state index contributed by atoms with van der Waals surface area (Å²) in [5.74, 6) is 1.68. The summed E-state index contributed by atoms with van der Waals surface area (Å²) in [6.07, 6.45) is 8.73. The predicted molar refractivity (Wildman–Crippen MR) is 194 cm³/mol. The van der Waals surface area contributed by atoms with Crippen LogP contribution < -0.4 is 19.7 Å². The van der Waals surface area contributed by atoms with Gasteiger partial charge < -0.3 is 34.5 Å². The monoisotopic (exact) mass is 663 g/mol. The number of piperidine rings is 1. The van der Waals surface area contributed by atoms with Gasteiger partial charge in [-0.15, -0.1) is 0 Å². The van der Waals surface area contributed by atoms with Gasteiger partial charge in [-0.1, -0.05) is 36.4 Å². The number of nitrogens with one attached hydrogen (secondary N) is 2. The van der Waals surface area contributed by atoms with Gasteiger partial charge in [-0.3, -0.25) is 4.79 Å². The number of carbonyl (C=O) groups excluding carboxylic acids is 2. The molecule has 3 amide bonds. The van der Waals surface area contributed by atoms with Gasteiger partial charge in [0.1, 0.15) is 6.04 Å². The van der Waals surface area contributed by atoms with Gasteiger partial charge in [0.05, 0.1) is 14.2 Å². The Kier molecular flexibility index (Phi) is 9.29. The highest BCUT2D eigenvalue weighted by Gasteiger charge is 2.45. The minimum Gasteiger partial charge on any atom is -0.493 e. The predicted octanol–water partition coefficient (Wildman–Crippen LogP) is 5.99. The Hall–Kier alpha value is -4.50. The van der Waals surface area contributed by atoms with Crippen molar-refractivity contribution >= 4 is 28.5 Å². The molecule has 9 nitrogen and oxygen atoms in total. The van der Waals surface area contributed by atoms with Gasteiger partial charge in [0, 0.05) is 54.4 Å². The maximum atomic E-state index is 14.9. The average Bonchev–Trinajstić information content (AvgIpc) is 3.52. The van der Waals surface area contributed by atoms with E-state index in [-0.39, 0.29) is 17.5 Å². The van der Waals surface area contributed by atoms with E-state index in [9.17, 15) is 9.59 Å². The van der Waals surface area contributed by atoms with E-state index in [4.69, 9.17) is 9.47 Å². The fourth-order valence-electron chi connectivity index (χ4n) is 8.69. The number of amides is 3. The van der Waals surface area contributed by atoms with Gasteiger partial charge >= 0.3 is 6.03 Å². The van der Waals surface area contributed by atoms with Crippen LogP contribution in [0.15, 0.2) is 66.9 Å². The number of hydrogen-bond acceptors (Lipinski definition) is 5. The second kappa shape index (κ2) is 13.8. The molecular weight excluding hydrogens is 614 g/mol. The van der Waals surface area contributed by atoms with Crippen LogP contribution in [0.4, 0.5) is 10.5 Å². The lowest BCUT2D eigenvalue weighted by molar-refractivity contribution is -0.120. The molecule has 4 aromatic rings. The minimum absolute atomic E-state index is 0.0635. The van der Waals surface area contributed by atoms with E-state index in [1.807, 2.05) is 41.4 Å². The van der Waals surface area contributed by atoms with Gasteiger partial charge in [-0.2, -0.15) is 0 Å². The zero-order valence-electron chi connectivity index (χ0n) is 29.3. The number of ether oxygens (including phenoxy) is 2. The van der Waals surface area contributed by atoms with Gasteiger partial charge in [0.25, 0.3) is 0 Å². The third-order valence-electron chi connectivity index (χ3n) is 11.0. The molecular formula is C40H49N5O4. The number of aromatic amines is 1. The molecule has 49 heavy (non-hydrogen) atoms. The number of urea groups is 1. The number of likely N-dealkylation sites (tertiary alicyclic amines) is 1. The summed E-state index contributed by atoms with van der Waals surface area (Å²) in [5.41, 5.74) is 6.29. The number of para-hydroxylation sites is 2. The molecule has 1 saturated heterocycles. The Morgan fingerprint density at radius 1 is 0.980 bits per heavy atom. The van der Waals surface area contributed by atoms with Crippen LogP contribution in [0.2, 0.25) is 0 Å². The number of anilines is 1. The van der Waals surface area contributed by atoms with Gasteiger partial charge in [0.15, 0.2) is 11.5 Å². The first-order chi connectivity index (χ1) is 23.8. The highest BCUT2D eigenvalue weighted by molar-refractivity contribution is 6.00. The lowest BCUT2D eigenvalue weighted by Crippen LogP contribution is -2.62. The molecule has 1 aromatic heterocycles. The van der Waals surface area contributed by atoms with Crippen LogP contribution in [-0.4, -0.2) is 86.3 Å². The first kappa shape index (κ1) is 33.0. The number of aryl methyl sites for hydroxylation is 1. The molecule has 3 heterocycles. The third kappa shape index (κ3) is 6.48. The number of methoxy groups -OCH3 is 2. The van der Waals surface area contributed by atoms with Crippen LogP contribution in [0, 0.1) is 5.92 Å². The second-order valence-corrected chi connectivity index (χ2v) is 14.5. The van der Waals surface area contributed by atoms with E-state index in [1.165, 1.54) is 16.7 Å². The molecule has 2 aliphatic heterocycles. The smallest absolute Gasteiger partial charge is 0.318 e. The SMILES string of the molecule is COc1cc2c(cc1OC)C[C@]1(CCCCN1C(=O)N[C@H](Cc1c[nH]c3ccccc13)C(=O)N1C[C@@H](CN(C)C)Cc3ccccc31)CC2. The molecule has 7 rings (SSSR count). The molecule has 2 N–H and O–H groups in total. The van der Waals surface area contributed by atoms with Crippen molar-refractivity contribution in [2.24, 2.45) is 5.92 Å². The zero-order valence-corrected chi connectivity index (χ0v) is 29.3. The largest absolute Gasteiger partial charge is 0.493 e. The summed E-state index contributed by atoms with van der Waals surface area (Å²) >= 11 is 0. The fourth-order valence-corrected chi connectivity index (χ4v) is 8.69.